The summed E-state index contributed by atoms with van der Waals surface area (Å²) < 4.78 is 6.47. The zero-order chi connectivity index (χ0) is 16.4. The Morgan fingerprint density at radius 2 is 2.09 bits per heavy atom. The standard InChI is InChI=1S/C15H21N5O3/c1-2-23-14(21)12-18-11(16)10-13(19-12)20(15(22)17-10)8-9-6-4-3-5-7-9/h9H,2-8H2,1H3,(H,17,22)(H2,16,18,19). The van der Waals surface area contributed by atoms with E-state index in [9.17, 15) is 9.59 Å². The molecule has 1 aliphatic carbocycles. The molecule has 2 aromatic heterocycles. The van der Waals surface area contributed by atoms with Gasteiger partial charge in [-0.3, -0.25) is 4.57 Å². The number of aromatic nitrogens is 4. The van der Waals surface area contributed by atoms with Gasteiger partial charge in [0, 0.05) is 6.54 Å². The molecule has 0 spiro atoms. The molecule has 0 bridgehead atoms. The van der Waals surface area contributed by atoms with E-state index >= 15 is 0 Å². The molecule has 0 aromatic carbocycles. The fourth-order valence-corrected chi connectivity index (χ4v) is 3.14. The van der Waals surface area contributed by atoms with Gasteiger partial charge < -0.3 is 15.5 Å². The van der Waals surface area contributed by atoms with Gasteiger partial charge in [0.2, 0.25) is 5.82 Å². The van der Waals surface area contributed by atoms with Crippen LogP contribution in [0.5, 0.6) is 0 Å². The Kier molecular flexibility index (Phi) is 4.31. The molecule has 8 nitrogen and oxygen atoms in total. The molecule has 2 heterocycles. The quantitative estimate of drug-likeness (QED) is 0.824. The number of imidazole rings is 1. The minimum atomic E-state index is -0.640. The number of nitrogens with two attached hydrogens (primary N) is 1. The Hall–Kier alpha value is -2.38. The molecule has 23 heavy (non-hydrogen) atoms. The molecular formula is C15H21N5O3. The summed E-state index contributed by atoms with van der Waals surface area (Å²) in [6, 6.07) is 0. The van der Waals surface area contributed by atoms with E-state index in [1.54, 1.807) is 11.5 Å². The number of carbonyl (C=O) groups is 1. The number of rotatable bonds is 4. The van der Waals surface area contributed by atoms with Crippen LogP contribution >= 0.6 is 0 Å². The van der Waals surface area contributed by atoms with Crippen molar-refractivity contribution in [1.29, 1.82) is 0 Å². The van der Waals surface area contributed by atoms with E-state index in [2.05, 4.69) is 15.0 Å². The lowest BCUT2D eigenvalue weighted by atomic mass is 9.89. The van der Waals surface area contributed by atoms with Gasteiger partial charge in [0.15, 0.2) is 11.5 Å². The Morgan fingerprint density at radius 1 is 1.35 bits per heavy atom. The molecule has 0 unspecified atom stereocenters. The number of hydrogen-bond donors (Lipinski definition) is 2. The first-order chi connectivity index (χ1) is 11.1. The molecule has 1 saturated carbocycles. The van der Waals surface area contributed by atoms with E-state index in [1.807, 2.05) is 0 Å². The number of carbonyl (C=O) groups excluding carboxylic acids is 1. The van der Waals surface area contributed by atoms with Crippen LogP contribution in [0.2, 0.25) is 0 Å². The maximum atomic E-state index is 12.2. The largest absolute Gasteiger partial charge is 0.460 e. The van der Waals surface area contributed by atoms with E-state index < -0.39 is 5.97 Å². The van der Waals surface area contributed by atoms with E-state index in [1.165, 1.54) is 19.3 Å². The van der Waals surface area contributed by atoms with Crippen LogP contribution in [0.1, 0.15) is 49.6 Å². The van der Waals surface area contributed by atoms with E-state index in [4.69, 9.17) is 10.5 Å². The zero-order valence-electron chi connectivity index (χ0n) is 13.2. The average molecular weight is 319 g/mol. The van der Waals surface area contributed by atoms with E-state index in [0.717, 1.165) is 12.8 Å². The maximum Gasteiger partial charge on any atom is 0.376 e. The molecule has 0 aliphatic heterocycles. The molecule has 124 valence electrons. The summed E-state index contributed by atoms with van der Waals surface area (Å²) >= 11 is 0. The second-order valence-corrected chi connectivity index (χ2v) is 5.90. The Morgan fingerprint density at radius 3 is 2.78 bits per heavy atom. The highest BCUT2D eigenvalue weighted by Gasteiger charge is 2.21. The molecule has 0 amide bonds. The number of ether oxygens (including phenoxy) is 1. The third-order valence-electron chi connectivity index (χ3n) is 4.27. The van der Waals surface area contributed by atoms with Gasteiger partial charge in [-0.05, 0) is 25.7 Å². The van der Waals surface area contributed by atoms with Gasteiger partial charge in [0.25, 0.3) is 0 Å². The zero-order valence-corrected chi connectivity index (χ0v) is 13.2. The highest BCUT2D eigenvalue weighted by atomic mass is 16.5. The summed E-state index contributed by atoms with van der Waals surface area (Å²) in [5.41, 5.74) is 6.34. The Labute approximate surface area is 133 Å². The van der Waals surface area contributed by atoms with Crippen molar-refractivity contribution in [3.8, 4) is 0 Å². The SMILES string of the molecule is CCOC(=O)c1nc(N)c2[nH]c(=O)n(CC3CCCCC3)c2n1. The number of aromatic amines is 1. The minimum Gasteiger partial charge on any atom is -0.460 e. The van der Waals surface area contributed by atoms with Gasteiger partial charge in [-0.15, -0.1) is 0 Å². The highest BCUT2D eigenvalue weighted by molar-refractivity contribution is 5.90. The van der Waals surface area contributed by atoms with Crippen molar-refractivity contribution in [1.82, 2.24) is 19.5 Å². The third-order valence-corrected chi connectivity index (χ3v) is 4.27. The first-order valence-corrected chi connectivity index (χ1v) is 8.03. The minimum absolute atomic E-state index is 0.0811. The Balaban J connectivity index is 2.01. The average Bonchev–Trinajstić information content (AvgIpc) is 2.86. The number of hydrogen-bond acceptors (Lipinski definition) is 6. The van der Waals surface area contributed by atoms with Crippen molar-refractivity contribution in [2.24, 2.45) is 5.92 Å². The summed E-state index contributed by atoms with van der Waals surface area (Å²) in [6.45, 7) is 2.51. The fourth-order valence-electron chi connectivity index (χ4n) is 3.14. The summed E-state index contributed by atoms with van der Waals surface area (Å²) in [5, 5.41) is 0. The van der Waals surface area contributed by atoms with Crippen molar-refractivity contribution in [2.75, 3.05) is 12.3 Å². The van der Waals surface area contributed by atoms with Crippen LogP contribution in [-0.2, 0) is 11.3 Å². The first kappa shape index (κ1) is 15.5. The normalized spacial score (nSPS) is 15.9. The lowest BCUT2D eigenvalue weighted by Crippen LogP contribution is -2.23. The summed E-state index contributed by atoms with van der Waals surface area (Å²) in [7, 11) is 0. The van der Waals surface area contributed by atoms with Crippen molar-refractivity contribution < 1.29 is 9.53 Å². The number of fused-ring (bicyclic) bond motifs is 1. The maximum absolute atomic E-state index is 12.2. The van der Waals surface area contributed by atoms with Crippen LogP contribution in [0.4, 0.5) is 5.82 Å². The van der Waals surface area contributed by atoms with E-state index in [-0.39, 0.29) is 23.9 Å². The molecule has 2 aromatic rings. The molecule has 1 aliphatic rings. The molecule has 8 heteroatoms. The van der Waals surface area contributed by atoms with Crippen molar-refractivity contribution in [3.63, 3.8) is 0 Å². The second kappa shape index (κ2) is 6.39. The monoisotopic (exact) mass is 319 g/mol. The number of nitrogens with one attached hydrogen (secondary N) is 1. The lowest BCUT2D eigenvalue weighted by molar-refractivity contribution is 0.0512. The second-order valence-electron chi connectivity index (χ2n) is 5.90. The first-order valence-electron chi connectivity index (χ1n) is 8.03. The topological polar surface area (TPSA) is 116 Å². The van der Waals surface area contributed by atoms with Gasteiger partial charge >= 0.3 is 11.7 Å². The number of nitrogens with zero attached hydrogens (tertiary/aromatic N) is 3. The van der Waals surface area contributed by atoms with Gasteiger partial charge in [0.1, 0.15) is 5.52 Å². The molecular weight excluding hydrogens is 298 g/mol. The van der Waals surface area contributed by atoms with Crippen molar-refractivity contribution in [2.45, 2.75) is 45.6 Å². The number of esters is 1. The van der Waals surface area contributed by atoms with Crippen LogP contribution in [0, 0.1) is 5.92 Å². The number of nitrogen functional groups attached to an aromatic ring is 1. The van der Waals surface area contributed by atoms with Crippen LogP contribution < -0.4 is 11.4 Å². The molecule has 3 rings (SSSR count). The highest BCUT2D eigenvalue weighted by Crippen LogP contribution is 2.26. The molecule has 0 saturated heterocycles. The van der Waals surface area contributed by atoms with Gasteiger partial charge in [-0.25, -0.2) is 19.6 Å². The molecule has 0 radical (unpaired) electrons. The lowest BCUT2D eigenvalue weighted by Gasteiger charge is -2.21. The van der Waals surface area contributed by atoms with Crippen LogP contribution in [0.25, 0.3) is 11.2 Å². The van der Waals surface area contributed by atoms with Crippen LogP contribution in [0.15, 0.2) is 4.79 Å². The summed E-state index contributed by atoms with van der Waals surface area (Å²) in [6.07, 6.45) is 5.83. The summed E-state index contributed by atoms with van der Waals surface area (Å²) in [5.74, 6) is -0.229. The van der Waals surface area contributed by atoms with Crippen molar-refractivity contribution in [3.05, 3.63) is 16.3 Å². The number of H-pyrrole nitrogens is 1. The number of anilines is 1. The van der Waals surface area contributed by atoms with E-state index in [0.29, 0.717) is 23.6 Å². The van der Waals surface area contributed by atoms with Crippen molar-refractivity contribution >= 4 is 23.0 Å². The van der Waals surface area contributed by atoms with Crippen LogP contribution in [0.3, 0.4) is 0 Å². The van der Waals surface area contributed by atoms with Gasteiger partial charge in [-0.2, -0.15) is 0 Å². The predicted octanol–water partition coefficient (Wildman–Crippen LogP) is 1.46. The fraction of sp³-hybridized carbons (Fsp3) is 0.600. The van der Waals surface area contributed by atoms with Gasteiger partial charge in [0.05, 0.1) is 6.61 Å². The predicted molar refractivity (Wildman–Crippen MR) is 85.1 cm³/mol. The smallest absolute Gasteiger partial charge is 0.376 e. The Bertz CT molecular complexity index is 773. The molecule has 0 atom stereocenters. The summed E-state index contributed by atoms with van der Waals surface area (Å²) in [4.78, 5) is 34.9. The molecule has 3 N–H and O–H groups in total. The van der Waals surface area contributed by atoms with Gasteiger partial charge in [-0.1, -0.05) is 19.3 Å². The molecule has 1 fully saturated rings. The van der Waals surface area contributed by atoms with Crippen LogP contribution in [-0.4, -0.2) is 32.1 Å². The third kappa shape index (κ3) is 3.06.